The highest BCUT2D eigenvalue weighted by Crippen LogP contribution is 2.21. The van der Waals surface area contributed by atoms with Gasteiger partial charge in [-0.3, -0.25) is 0 Å². The minimum atomic E-state index is -1.17. The molecule has 1 heterocycles. The average Bonchev–Trinajstić information content (AvgIpc) is 2.98. The molecule has 2 rings (SSSR count). The molecule has 0 saturated heterocycles. The van der Waals surface area contributed by atoms with Crippen LogP contribution in [0, 0.1) is 0 Å². The molecule has 0 aliphatic carbocycles. The number of aromatic nitrogens is 3. The van der Waals surface area contributed by atoms with Crippen molar-refractivity contribution in [2.45, 2.75) is 58.2 Å². The van der Waals surface area contributed by atoms with Gasteiger partial charge in [-0.2, -0.15) is 0 Å². The van der Waals surface area contributed by atoms with Gasteiger partial charge in [-0.15, -0.1) is 5.10 Å². The lowest BCUT2D eigenvalue weighted by Crippen LogP contribution is -2.35. The molecule has 2 atom stereocenters. The van der Waals surface area contributed by atoms with Crippen molar-refractivity contribution in [3.8, 4) is 5.69 Å². The third-order valence-corrected chi connectivity index (χ3v) is 5.60. The van der Waals surface area contributed by atoms with Crippen molar-refractivity contribution in [2.24, 2.45) is 0 Å². The number of aryl methyl sites for hydroxylation is 1. The number of nitrogens with one attached hydrogen (secondary N) is 1. The first-order chi connectivity index (χ1) is 11.2. The summed E-state index contributed by atoms with van der Waals surface area (Å²) in [7, 11) is -1.17. The van der Waals surface area contributed by atoms with Gasteiger partial charge in [0.1, 0.15) is 6.33 Å². The first kappa shape index (κ1) is 19.1. The van der Waals surface area contributed by atoms with E-state index >= 15 is 0 Å². The Hall–Kier alpha value is -1.24. The summed E-state index contributed by atoms with van der Waals surface area (Å²) in [6.07, 6.45) is 3.63. The molecule has 0 spiro atoms. The molecule has 0 amide bonds. The van der Waals surface area contributed by atoms with Crippen LogP contribution in [-0.2, 0) is 17.4 Å². The van der Waals surface area contributed by atoms with E-state index in [9.17, 15) is 4.21 Å². The van der Waals surface area contributed by atoms with Crippen LogP contribution in [0.3, 0.4) is 0 Å². The number of halogens is 1. The van der Waals surface area contributed by atoms with Gasteiger partial charge in [0.2, 0.25) is 0 Å². The molecule has 0 aliphatic rings. The van der Waals surface area contributed by atoms with Gasteiger partial charge in [0.25, 0.3) is 0 Å². The molecule has 0 aliphatic heterocycles. The molecule has 0 saturated carbocycles. The smallest absolute Gasteiger partial charge is 0.168 e. The highest BCUT2D eigenvalue weighted by atomic mass is 35.5. The summed E-state index contributed by atoms with van der Waals surface area (Å²) < 4.78 is 16.7. The van der Waals surface area contributed by atoms with Crippen molar-refractivity contribution in [1.82, 2.24) is 19.5 Å². The largest absolute Gasteiger partial charge is 0.242 e. The van der Waals surface area contributed by atoms with Crippen LogP contribution in [0.15, 0.2) is 24.5 Å². The first-order valence-electron chi connectivity index (χ1n) is 8.10. The maximum absolute atomic E-state index is 12.2. The fourth-order valence-electron chi connectivity index (χ4n) is 2.15. The van der Waals surface area contributed by atoms with E-state index in [1.807, 2.05) is 45.9 Å². The van der Waals surface area contributed by atoms with Crippen molar-refractivity contribution in [3.05, 3.63) is 40.9 Å². The second-order valence-corrected chi connectivity index (χ2v) is 9.20. The van der Waals surface area contributed by atoms with E-state index in [4.69, 9.17) is 11.6 Å². The first-order valence-corrected chi connectivity index (χ1v) is 9.63. The van der Waals surface area contributed by atoms with Crippen LogP contribution in [0.2, 0.25) is 5.02 Å². The maximum atomic E-state index is 12.2. The van der Waals surface area contributed by atoms with Gasteiger partial charge in [-0.25, -0.2) is 18.6 Å². The second-order valence-electron chi connectivity index (χ2n) is 6.79. The van der Waals surface area contributed by atoms with Crippen LogP contribution in [0.4, 0.5) is 0 Å². The Morgan fingerprint density at radius 1 is 1.38 bits per heavy atom. The Morgan fingerprint density at radius 2 is 2.08 bits per heavy atom. The van der Waals surface area contributed by atoms with Gasteiger partial charge in [-0.05, 0) is 57.9 Å². The van der Waals surface area contributed by atoms with E-state index < -0.39 is 11.0 Å². The van der Waals surface area contributed by atoms with Crippen molar-refractivity contribution in [1.29, 1.82) is 0 Å². The third-order valence-electron chi connectivity index (χ3n) is 3.55. The zero-order valence-electron chi connectivity index (χ0n) is 14.8. The zero-order chi connectivity index (χ0) is 17.9. The summed E-state index contributed by atoms with van der Waals surface area (Å²) in [5.74, 6) is 0.611. The minimum absolute atomic E-state index is 0.200. The predicted octanol–water partition coefficient (Wildman–Crippen LogP) is 3.99. The number of hydrogen-bond acceptors (Lipinski definition) is 3. The maximum Gasteiger partial charge on any atom is 0.168 e. The van der Waals surface area contributed by atoms with E-state index in [0.29, 0.717) is 5.82 Å². The molecular formula is C17H25ClN4OS. The fraction of sp³-hybridized carbons (Fsp3) is 0.529. The summed E-state index contributed by atoms with van der Waals surface area (Å²) in [4.78, 5) is 4.35. The lowest BCUT2D eigenvalue weighted by atomic mass is 10.1. The van der Waals surface area contributed by atoms with Crippen LogP contribution in [0.1, 0.15) is 58.5 Å². The molecule has 24 heavy (non-hydrogen) atoms. The van der Waals surface area contributed by atoms with Crippen molar-refractivity contribution < 1.29 is 4.21 Å². The fourth-order valence-corrected chi connectivity index (χ4v) is 3.15. The summed E-state index contributed by atoms with van der Waals surface area (Å²) in [5.41, 5.74) is 2.03. The Labute approximate surface area is 151 Å². The monoisotopic (exact) mass is 368 g/mol. The van der Waals surface area contributed by atoms with Gasteiger partial charge in [0.15, 0.2) is 5.82 Å². The summed E-state index contributed by atoms with van der Waals surface area (Å²) >= 11 is 6.23. The van der Waals surface area contributed by atoms with Gasteiger partial charge >= 0.3 is 0 Å². The molecule has 1 aromatic carbocycles. The van der Waals surface area contributed by atoms with Crippen LogP contribution < -0.4 is 4.72 Å². The predicted molar refractivity (Wildman–Crippen MR) is 99.8 cm³/mol. The second kappa shape index (κ2) is 7.76. The normalized spacial score (nSPS) is 14.6. The Balaban J connectivity index is 2.18. The number of nitrogens with zero attached hydrogens (tertiary/aromatic N) is 3. The van der Waals surface area contributed by atoms with Crippen molar-refractivity contribution in [2.75, 3.05) is 0 Å². The number of hydrogen-bond donors (Lipinski definition) is 1. The molecule has 7 heteroatoms. The zero-order valence-corrected chi connectivity index (χ0v) is 16.4. The molecule has 5 nitrogen and oxygen atoms in total. The highest BCUT2D eigenvalue weighted by Gasteiger charge is 2.23. The van der Waals surface area contributed by atoms with E-state index in [0.717, 1.165) is 29.1 Å². The van der Waals surface area contributed by atoms with E-state index in [2.05, 4.69) is 21.7 Å². The van der Waals surface area contributed by atoms with Crippen molar-refractivity contribution in [3.63, 3.8) is 0 Å². The van der Waals surface area contributed by atoms with Crippen LogP contribution in [-0.4, -0.2) is 23.7 Å². The molecular weight excluding hydrogens is 344 g/mol. The van der Waals surface area contributed by atoms with Gasteiger partial charge in [0, 0.05) is 5.02 Å². The van der Waals surface area contributed by atoms with Crippen molar-refractivity contribution >= 4 is 22.6 Å². The average molecular weight is 369 g/mol. The van der Waals surface area contributed by atoms with Gasteiger partial charge in [0.05, 0.1) is 27.5 Å². The summed E-state index contributed by atoms with van der Waals surface area (Å²) in [5, 5.41) is 5.29. The van der Waals surface area contributed by atoms with Gasteiger partial charge in [-0.1, -0.05) is 24.9 Å². The third kappa shape index (κ3) is 4.65. The van der Waals surface area contributed by atoms with Gasteiger partial charge < -0.3 is 0 Å². The molecule has 1 N–H and O–H groups in total. The van der Waals surface area contributed by atoms with E-state index in [-0.39, 0.29) is 10.8 Å². The lowest BCUT2D eigenvalue weighted by molar-refractivity contribution is 0.603. The van der Waals surface area contributed by atoms with E-state index in [1.165, 1.54) is 0 Å². The molecule has 0 radical (unpaired) electrons. The highest BCUT2D eigenvalue weighted by molar-refractivity contribution is 7.84. The minimum Gasteiger partial charge on any atom is -0.242 e. The van der Waals surface area contributed by atoms with Crippen LogP contribution in [0.5, 0.6) is 0 Å². The molecule has 1 aromatic heterocycles. The van der Waals surface area contributed by atoms with Crippen LogP contribution in [0.25, 0.3) is 5.69 Å². The molecule has 2 aromatic rings. The lowest BCUT2D eigenvalue weighted by Gasteiger charge is -2.20. The SMILES string of the molecule is CCCc1cc(-n2cnc([C@H](C)NS(=O)C(C)(C)C)n2)ccc1Cl. The topological polar surface area (TPSA) is 59.8 Å². The summed E-state index contributed by atoms with van der Waals surface area (Å²) in [6.45, 7) is 9.82. The number of benzene rings is 1. The molecule has 0 fully saturated rings. The Bertz CT molecular complexity index is 724. The Kier molecular flexibility index (Phi) is 6.17. The molecule has 132 valence electrons. The Morgan fingerprint density at radius 3 is 2.71 bits per heavy atom. The standard InChI is InChI=1S/C17H25ClN4OS/c1-6-7-13-10-14(8-9-15(13)18)22-11-19-16(20-22)12(2)21-24(23)17(3,4)5/h8-12,21H,6-7H2,1-5H3/t12-,24?/m0/s1. The van der Waals surface area contributed by atoms with E-state index in [1.54, 1.807) is 11.0 Å². The quantitative estimate of drug-likeness (QED) is 0.838. The summed E-state index contributed by atoms with van der Waals surface area (Å²) in [6, 6.07) is 5.65. The molecule has 0 bridgehead atoms. The number of rotatable bonds is 6. The molecule has 1 unspecified atom stereocenters. The van der Waals surface area contributed by atoms with Crippen LogP contribution >= 0.6 is 11.6 Å².